The minimum absolute atomic E-state index is 0.171. The van der Waals surface area contributed by atoms with Gasteiger partial charge >= 0.3 is 0 Å². The molecule has 0 N–H and O–H groups in total. The van der Waals surface area contributed by atoms with E-state index in [1.54, 1.807) is 4.31 Å². The number of alkyl halides is 1. The van der Waals surface area contributed by atoms with Crippen LogP contribution in [0.3, 0.4) is 0 Å². The maximum atomic E-state index is 12.4. The zero-order chi connectivity index (χ0) is 13.1. The average Bonchev–Trinajstić information content (AvgIpc) is 2.15. The second-order valence-corrected chi connectivity index (χ2v) is 8.77. The summed E-state index contributed by atoms with van der Waals surface area (Å²) in [6.07, 6.45) is 4.08. The number of hydrogen-bond donors (Lipinski definition) is 0. The Morgan fingerprint density at radius 1 is 1.29 bits per heavy atom. The summed E-state index contributed by atoms with van der Waals surface area (Å²) < 4.78 is 26.5. The normalized spacial score (nSPS) is 23.9. The Morgan fingerprint density at radius 2 is 1.94 bits per heavy atom. The highest BCUT2D eigenvalue weighted by molar-refractivity contribution is 9.09. The molecule has 102 valence electrons. The van der Waals surface area contributed by atoms with Crippen molar-refractivity contribution < 1.29 is 8.42 Å². The number of hydrogen-bond acceptors (Lipinski definition) is 2. The van der Waals surface area contributed by atoms with Crippen LogP contribution in [0.4, 0.5) is 0 Å². The van der Waals surface area contributed by atoms with Crippen LogP contribution in [0, 0.1) is 5.41 Å². The lowest BCUT2D eigenvalue weighted by Crippen LogP contribution is -2.46. The van der Waals surface area contributed by atoms with Crippen LogP contribution < -0.4 is 0 Å². The lowest BCUT2D eigenvalue weighted by Gasteiger charge is -2.36. The van der Waals surface area contributed by atoms with Crippen molar-refractivity contribution >= 4 is 26.0 Å². The summed E-state index contributed by atoms with van der Waals surface area (Å²) >= 11 is 3.42. The van der Waals surface area contributed by atoms with Gasteiger partial charge in [-0.2, -0.15) is 4.31 Å². The number of sulfonamides is 1. The van der Waals surface area contributed by atoms with E-state index in [0.29, 0.717) is 6.54 Å². The van der Waals surface area contributed by atoms with Gasteiger partial charge in [0.2, 0.25) is 10.0 Å². The predicted molar refractivity (Wildman–Crippen MR) is 76.0 cm³/mol. The van der Waals surface area contributed by atoms with E-state index in [9.17, 15) is 8.42 Å². The van der Waals surface area contributed by atoms with Crippen molar-refractivity contribution in [3.05, 3.63) is 0 Å². The maximum Gasteiger partial charge on any atom is 0.214 e. The molecule has 1 saturated heterocycles. The smallest absolute Gasteiger partial charge is 0.212 e. The molecule has 1 aliphatic rings. The first-order valence-electron chi connectivity index (χ1n) is 6.32. The van der Waals surface area contributed by atoms with Crippen molar-refractivity contribution in [2.45, 2.75) is 52.5 Å². The summed E-state index contributed by atoms with van der Waals surface area (Å²) in [7, 11) is -3.10. The van der Waals surface area contributed by atoms with E-state index in [-0.39, 0.29) is 17.2 Å². The van der Waals surface area contributed by atoms with Crippen LogP contribution in [-0.4, -0.2) is 36.4 Å². The van der Waals surface area contributed by atoms with E-state index in [2.05, 4.69) is 15.9 Å². The van der Waals surface area contributed by atoms with Gasteiger partial charge in [0.25, 0.3) is 0 Å². The van der Waals surface area contributed by atoms with Crippen LogP contribution in [0.15, 0.2) is 0 Å². The highest BCUT2D eigenvalue weighted by Crippen LogP contribution is 2.27. The lowest BCUT2D eigenvalue weighted by molar-refractivity contribution is 0.245. The van der Waals surface area contributed by atoms with Crippen LogP contribution >= 0.6 is 15.9 Å². The average molecular weight is 326 g/mol. The minimum atomic E-state index is -3.10. The molecule has 0 radical (unpaired) electrons. The monoisotopic (exact) mass is 325 g/mol. The Morgan fingerprint density at radius 3 is 2.47 bits per heavy atom. The molecule has 0 aliphatic carbocycles. The topological polar surface area (TPSA) is 37.4 Å². The van der Waals surface area contributed by atoms with E-state index >= 15 is 0 Å². The minimum Gasteiger partial charge on any atom is -0.212 e. The summed E-state index contributed by atoms with van der Waals surface area (Å²) in [6, 6.07) is 0.204. The van der Waals surface area contributed by atoms with E-state index in [0.717, 1.165) is 31.0 Å². The van der Waals surface area contributed by atoms with Crippen LogP contribution in [-0.2, 0) is 10.0 Å². The summed E-state index contributed by atoms with van der Waals surface area (Å²) in [5.74, 6) is 0.249. The molecule has 0 amide bonds. The van der Waals surface area contributed by atoms with Crippen molar-refractivity contribution in [2.75, 3.05) is 17.6 Å². The van der Waals surface area contributed by atoms with E-state index < -0.39 is 10.0 Å². The van der Waals surface area contributed by atoms with Crippen LogP contribution in [0.5, 0.6) is 0 Å². The molecule has 1 heterocycles. The van der Waals surface area contributed by atoms with E-state index in [1.165, 1.54) is 0 Å². The summed E-state index contributed by atoms with van der Waals surface area (Å²) in [5, 5.41) is 0.874. The first-order chi connectivity index (χ1) is 7.76. The number of halogens is 1. The standard InChI is InChI=1S/C12H24BrNO2S/c1-12(2,3)10-17(15,16)14-9-5-4-6-11(14)7-8-13/h11H,4-10H2,1-3H3. The molecule has 17 heavy (non-hydrogen) atoms. The van der Waals surface area contributed by atoms with Gasteiger partial charge in [0, 0.05) is 17.9 Å². The molecule has 0 aromatic heterocycles. The highest BCUT2D eigenvalue weighted by Gasteiger charge is 2.34. The maximum absolute atomic E-state index is 12.4. The van der Waals surface area contributed by atoms with Gasteiger partial charge in [-0.05, 0) is 24.7 Å². The molecule has 5 heteroatoms. The zero-order valence-electron chi connectivity index (χ0n) is 11.1. The third kappa shape index (κ3) is 4.87. The largest absolute Gasteiger partial charge is 0.214 e. The molecule has 0 aromatic carbocycles. The quantitative estimate of drug-likeness (QED) is 0.745. The molecule has 0 spiro atoms. The van der Waals surface area contributed by atoms with Gasteiger partial charge in [0.05, 0.1) is 5.75 Å². The molecule has 1 unspecified atom stereocenters. The van der Waals surface area contributed by atoms with Crippen molar-refractivity contribution in [1.82, 2.24) is 4.31 Å². The van der Waals surface area contributed by atoms with Crippen LogP contribution in [0.1, 0.15) is 46.5 Å². The first-order valence-corrected chi connectivity index (χ1v) is 9.05. The fourth-order valence-corrected chi connectivity index (χ4v) is 5.25. The Balaban J connectivity index is 2.80. The van der Waals surface area contributed by atoms with Crippen molar-refractivity contribution in [3.8, 4) is 0 Å². The molecular formula is C12H24BrNO2S. The fourth-order valence-electron chi connectivity index (χ4n) is 2.38. The van der Waals surface area contributed by atoms with Gasteiger partial charge in [0.15, 0.2) is 0 Å². The molecule has 1 rings (SSSR count). The number of rotatable bonds is 4. The lowest BCUT2D eigenvalue weighted by atomic mass is 10.0. The van der Waals surface area contributed by atoms with Gasteiger partial charge in [-0.25, -0.2) is 8.42 Å². The Bertz CT molecular complexity index is 333. The second kappa shape index (κ2) is 6.02. The second-order valence-electron chi connectivity index (χ2n) is 6.05. The third-order valence-electron chi connectivity index (χ3n) is 2.99. The van der Waals surface area contributed by atoms with Crippen molar-refractivity contribution in [2.24, 2.45) is 5.41 Å². The van der Waals surface area contributed by atoms with E-state index in [4.69, 9.17) is 0 Å². The first kappa shape index (κ1) is 15.4. The van der Waals surface area contributed by atoms with Gasteiger partial charge in [-0.3, -0.25) is 0 Å². The van der Waals surface area contributed by atoms with Gasteiger partial charge < -0.3 is 0 Å². The molecule has 1 aliphatic heterocycles. The molecule has 0 aromatic rings. The van der Waals surface area contributed by atoms with E-state index in [1.807, 2.05) is 20.8 Å². The van der Waals surface area contributed by atoms with Crippen molar-refractivity contribution in [1.29, 1.82) is 0 Å². The van der Waals surface area contributed by atoms with Crippen LogP contribution in [0.2, 0.25) is 0 Å². The zero-order valence-corrected chi connectivity index (χ0v) is 13.5. The van der Waals surface area contributed by atoms with Crippen molar-refractivity contribution in [3.63, 3.8) is 0 Å². The third-order valence-corrected chi connectivity index (χ3v) is 5.87. The molecule has 0 saturated carbocycles. The summed E-state index contributed by atoms with van der Waals surface area (Å²) in [4.78, 5) is 0. The molecule has 0 bridgehead atoms. The molecule has 1 fully saturated rings. The summed E-state index contributed by atoms with van der Waals surface area (Å²) in [6.45, 7) is 6.64. The fraction of sp³-hybridized carbons (Fsp3) is 1.00. The predicted octanol–water partition coefficient (Wildman–Crippen LogP) is 3.00. The molecular weight excluding hydrogens is 302 g/mol. The SMILES string of the molecule is CC(C)(C)CS(=O)(=O)N1CCCCC1CCBr. The van der Waals surface area contributed by atoms with Gasteiger partial charge in [-0.1, -0.05) is 43.1 Å². The van der Waals surface area contributed by atoms with Crippen LogP contribution in [0.25, 0.3) is 0 Å². The number of nitrogens with zero attached hydrogens (tertiary/aromatic N) is 1. The highest BCUT2D eigenvalue weighted by atomic mass is 79.9. The Kier molecular flexibility index (Phi) is 5.47. The summed E-state index contributed by atoms with van der Waals surface area (Å²) in [5.41, 5.74) is -0.171. The Labute approximate surface area is 114 Å². The van der Waals surface area contributed by atoms with Gasteiger partial charge in [-0.15, -0.1) is 0 Å². The number of piperidine rings is 1. The Hall–Kier alpha value is 0.390. The molecule has 3 nitrogen and oxygen atoms in total. The molecule has 1 atom stereocenters. The van der Waals surface area contributed by atoms with Gasteiger partial charge in [0.1, 0.15) is 0 Å².